The van der Waals surface area contributed by atoms with Gasteiger partial charge < -0.3 is 4.74 Å². The lowest BCUT2D eigenvalue weighted by Crippen LogP contribution is -2.43. The number of carbonyl (C=O) groups is 3. The molecular weight excluding hydrogens is 344 g/mol. The van der Waals surface area contributed by atoms with E-state index in [9.17, 15) is 14.4 Å². The quantitative estimate of drug-likeness (QED) is 0.488. The number of amides is 2. The van der Waals surface area contributed by atoms with Gasteiger partial charge in [0.05, 0.1) is 0 Å². The standard InChI is InChI=1S/C18H15ClN2O4/c19-15-9-5-4-6-13(15)10-11-17(23)25-12-16(22)20-21-18(24)14-7-2-1-3-8-14/h1-11H,12H2,(H,20,22)(H,21,24). The van der Waals surface area contributed by atoms with E-state index in [2.05, 4.69) is 10.9 Å². The molecule has 0 bridgehead atoms. The Morgan fingerprint density at radius 2 is 1.64 bits per heavy atom. The number of hydrogen-bond acceptors (Lipinski definition) is 4. The summed E-state index contributed by atoms with van der Waals surface area (Å²) in [6, 6.07) is 15.3. The highest BCUT2D eigenvalue weighted by Crippen LogP contribution is 2.16. The molecule has 0 aliphatic heterocycles. The van der Waals surface area contributed by atoms with Gasteiger partial charge in [-0.05, 0) is 29.8 Å². The van der Waals surface area contributed by atoms with Gasteiger partial charge in [0.1, 0.15) is 0 Å². The minimum Gasteiger partial charge on any atom is -0.452 e. The number of halogens is 1. The summed E-state index contributed by atoms with van der Waals surface area (Å²) in [6.45, 7) is -0.527. The monoisotopic (exact) mass is 358 g/mol. The predicted molar refractivity (Wildman–Crippen MR) is 93.5 cm³/mol. The molecule has 0 aromatic heterocycles. The molecule has 25 heavy (non-hydrogen) atoms. The molecule has 7 heteroatoms. The molecule has 0 saturated heterocycles. The van der Waals surface area contributed by atoms with Crippen molar-refractivity contribution < 1.29 is 19.1 Å². The molecule has 2 aromatic carbocycles. The SMILES string of the molecule is O=C(COC(=O)C=Cc1ccccc1Cl)NNC(=O)c1ccccc1. The van der Waals surface area contributed by atoms with Crippen LogP contribution in [0.1, 0.15) is 15.9 Å². The molecule has 0 heterocycles. The zero-order valence-electron chi connectivity index (χ0n) is 13.1. The van der Waals surface area contributed by atoms with Crippen molar-refractivity contribution in [3.8, 4) is 0 Å². The molecule has 0 radical (unpaired) electrons. The zero-order valence-corrected chi connectivity index (χ0v) is 13.8. The first-order valence-corrected chi connectivity index (χ1v) is 7.67. The van der Waals surface area contributed by atoms with Crippen LogP contribution in [0, 0.1) is 0 Å². The van der Waals surface area contributed by atoms with Crippen molar-refractivity contribution in [2.45, 2.75) is 0 Å². The Labute approximate surface area is 149 Å². The van der Waals surface area contributed by atoms with Crippen LogP contribution in [0.15, 0.2) is 60.7 Å². The normalized spacial score (nSPS) is 10.3. The van der Waals surface area contributed by atoms with Crippen LogP contribution in [0.3, 0.4) is 0 Å². The lowest BCUT2D eigenvalue weighted by molar-refractivity contribution is -0.144. The van der Waals surface area contributed by atoms with Crippen LogP contribution in [0.25, 0.3) is 6.08 Å². The summed E-state index contributed by atoms with van der Waals surface area (Å²) in [5.41, 5.74) is 5.43. The number of ether oxygens (including phenoxy) is 1. The van der Waals surface area contributed by atoms with E-state index < -0.39 is 24.4 Å². The van der Waals surface area contributed by atoms with Crippen LogP contribution >= 0.6 is 11.6 Å². The number of esters is 1. The van der Waals surface area contributed by atoms with Gasteiger partial charge in [-0.2, -0.15) is 0 Å². The van der Waals surface area contributed by atoms with E-state index in [0.29, 0.717) is 16.1 Å². The molecule has 6 nitrogen and oxygen atoms in total. The molecule has 128 valence electrons. The van der Waals surface area contributed by atoms with E-state index in [0.717, 1.165) is 6.08 Å². The number of hydrazine groups is 1. The number of carbonyl (C=O) groups excluding carboxylic acids is 3. The Bertz CT molecular complexity index is 791. The summed E-state index contributed by atoms with van der Waals surface area (Å²) in [6.07, 6.45) is 2.65. The first kappa shape index (κ1) is 18.2. The smallest absolute Gasteiger partial charge is 0.331 e. The second-order valence-corrected chi connectivity index (χ2v) is 5.24. The summed E-state index contributed by atoms with van der Waals surface area (Å²) in [7, 11) is 0. The Kier molecular flexibility index (Phi) is 6.74. The summed E-state index contributed by atoms with van der Waals surface area (Å²) in [5.74, 6) is -1.84. The average molecular weight is 359 g/mol. The minimum absolute atomic E-state index is 0.391. The van der Waals surface area contributed by atoms with Gasteiger partial charge in [0.2, 0.25) is 0 Å². The molecule has 0 aliphatic carbocycles. The first-order chi connectivity index (χ1) is 12.1. The maximum atomic E-state index is 11.7. The third kappa shape index (κ3) is 6.12. The molecule has 2 rings (SSSR count). The third-order valence-electron chi connectivity index (χ3n) is 3.00. The summed E-state index contributed by atoms with van der Waals surface area (Å²) in [5, 5.41) is 0.493. The number of hydrogen-bond donors (Lipinski definition) is 2. The van der Waals surface area contributed by atoms with E-state index in [4.69, 9.17) is 16.3 Å². The van der Waals surface area contributed by atoms with Crippen LogP contribution < -0.4 is 10.9 Å². The fraction of sp³-hybridized carbons (Fsp3) is 0.0556. The fourth-order valence-corrected chi connectivity index (χ4v) is 1.98. The van der Waals surface area contributed by atoms with Gasteiger partial charge >= 0.3 is 5.97 Å². The maximum Gasteiger partial charge on any atom is 0.331 e. The van der Waals surface area contributed by atoms with Crippen molar-refractivity contribution in [2.75, 3.05) is 6.61 Å². The van der Waals surface area contributed by atoms with Crippen LogP contribution in [0.2, 0.25) is 5.02 Å². The van der Waals surface area contributed by atoms with Crippen molar-refractivity contribution in [3.05, 3.63) is 76.8 Å². The third-order valence-corrected chi connectivity index (χ3v) is 3.35. The molecule has 2 N–H and O–H groups in total. The van der Waals surface area contributed by atoms with E-state index in [1.54, 1.807) is 54.6 Å². The van der Waals surface area contributed by atoms with E-state index in [1.807, 2.05) is 0 Å². The second kappa shape index (κ2) is 9.24. The van der Waals surface area contributed by atoms with Crippen molar-refractivity contribution in [1.82, 2.24) is 10.9 Å². The van der Waals surface area contributed by atoms with Crippen molar-refractivity contribution >= 4 is 35.5 Å². The lowest BCUT2D eigenvalue weighted by atomic mass is 10.2. The summed E-state index contributed by atoms with van der Waals surface area (Å²) in [4.78, 5) is 34.9. The fourth-order valence-electron chi connectivity index (χ4n) is 1.78. The van der Waals surface area contributed by atoms with Crippen LogP contribution in [-0.2, 0) is 14.3 Å². The predicted octanol–water partition coefficient (Wildman–Crippen LogP) is 2.36. The lowest BCUT2D eigenvalue weighted by Gasteiger charge is -2.07. The summed E-state index contributed by atoms with van der Waals surface area (Å²) < 4.78 is 4.77. The van der Waals surface area contributed by atoms with Crippen LogP contribution in [-0.4, -0.2) is 24.4 Å². The van der Waals surface area contributed by atoms with Gasteiger partial charge in [-0.15, -0.1) is 0 Å². The van der Waals surface area contributed by atoms with Crippen molar-refractivity contribution in [3.63, 3.8) is 0 Å². The topological polar surface area (TPSA) is 84.5 Å². The first-order valence-electron chi connectivity index (χ1n) is 7.30. The maximum absolute atomic E-state index is 11.7. The average Bonchev–Trinajstić information content (AvgIpc) is 2.64. The molecule has 0 fully saturated rings. The molecule has 2 amide bonds. The molecule has 0 spiro atoms. The van der Waals surface area contributed by atoms with Gasteiger partial charge in [0.25, 0.3) is 11.8 Å². The van der Waals surface area contributed by atoms with Crippen molar-refractivity contribution in [2.24, 2.45) is 0 Å². The largest absolute Gasteiger partial charge is 0.452 e. The minimum atomic E-state index is -0.704. The van der Waals surface area contributed by atoms with E-state index >= 15 is 0 Å². The van der Waals surface area contributed by atoms with E-state index in [-0.39, 0.29) is 0 Å². The van der Waals surface area contributed by atoms with Crippen molar-refractivity contribution in [1.29, 1.82) is 0 Å². The second-order valence-electron chi connectivity index (χ2n) is 4.83. The van der Waals surface area contributed by atoms with Gasteiger partial charge in [0.15, 0.2) is 6.61 Å². The Morgan fingerprint density at radius 1 is 0.960 bits per heavy atom. The van der Waals surface area contributed by atoms with Gasteiger partial charge in [-0.1, -0.05) is 48.0 Å². The highest BCUT2D eigenvalue weighted by Gasteiger charge is 2.08. The Hall–Kier alpha value is -3.12. The number of nitrogens with one attached hydrogen (secondary N) is 2. The number of rotatable bonds is 5. The van der Waals surface area contributed by atoms with Gasteiger partial charge in [-0.25, -0.2) is 4.79 Å². The van der Waals surface area contributed by atoms with Crippen LogP contribution in [0.4, 0.5) is 0 Å². The van der Waals surface area contributed by atoms with Gasteiger partial charge in [0, 0.05) is 16.7 Å². The van der Waals surface area contributed by atoms with Gasteiger partial charge in [-0.3, -0.25) is 20.4 Å². The molecule has 2 aromatic rings. The highest BCUT2D eigenvalue weighted by atomic mass is 35.5. The molecule has 0 unspecified atom stereocenters. The summed E-state index contributed by atoms with van der Waals surface area (Å²) >= 11 is 5.95. The Balaban J connectivity index is 1.73. The van der Waals surface area contributed by atoms with E-state index in [1.165, 1.54) is 6.08 Å². The zero-order chi connectivity index (χ0) is 18.1. The highest BCUT2D eigenvalue weighted by molar-refractivity contribution is 6.32. The number of benzene rings is 2. The molecular formula is C18H15ClN2O4. The molecule has 0 saturated carbocycles. The Morgan fingerprint density at radius 3 is 2.36 bits per heavy atom. The molecule has 0 atom stereocenters. The molecule has 0 aliphatic rings. The van der Waals surface area contributed by atoms with Crippen LogP contribution in [0.5, 0.6) is 0 Å².